The van der Waals surface area contributed by atoms with Crippen molar-refractivity contribution in [3.63, 3.8) is 0 Å². The Kier molecular flexibility index (Phi) is 8.01. The van der Waals surface area contributed by atoms with E-state index in [0.29, 0.717) is 13.2 Å². The third-order valence-corrected chi connectivity index (χ3v) is 3.38. The zero-order valence-electron chi connectivity index (χ0n) is 11.5. The predicted molar refractivity (Wildman–Crippen MR) is 71.3 cm³/mol. The fourth-order valence-corrected chi connectivity index (χ4v) is 2.20. The Morgan fingerprint density at radius 1 is 1.22 bits per heavy atom. The van der Waals surface area contributed by atoms with Crippen LogP contribution in [0.4, 0.5) is 0 Å². The van der Waals surface area contributed by atoms with Gasteiger partial charge in [-0.1, -0.05) is 39.0 Å². The summed E-state index contributed by atoms with van der Waals surface area (Å²) in [6.45, 7) is 3.22. The van der Waals surface area contributed by atoms with Crippen molar-refractivity contribution in [1.29, 1.82) is 0 Å². The largest absolute Gasteiger partial charge is 0.464 e. The summed E-state index contributed by atoms with van der Waals surface area (Å²) in [5.41, 5.74) is 5.50. The van der Waals surface area contributed by atoms with Gasteiger partial charge in [-0.3, -0.25) is 0 Å². The predicted octanol–water partition coefficient (Wildman–Crippen LogP) is 2.40. The third-order valence-electron chi connectivity index (χ3n) is 3.38. The van der Waals surface area contributed by atoms with Gasteiger partial charge in [-0.15, -0.1) is 0 Å². The Balaban J connectivity index is 1.97. The second kappa shape index (κ2) is 9.34. The van der Waals surface area contributed by atoms with Crippen molar-refractivity contribution in [2.45, 2.75) is 70.5 Å². The molecule has 1 rings (SSSR count). The van der Waals surface area contributed by atoms with Crippen LogP contribution in [0.15, 0.2) is 0 Å². The molecular weight excluding hydrogens is 230 g/mol. The average molecular weight is 257 g/mol. The van der Waals surface area contributed by atoms with Crippen LogP contribution >= 0.6 is 0 Å². The SMILES string of the molecule is CCCCCCCCOC(=O)C1CCC(CN)O1. The van der Waals surface area contributed by atoms with Gasteiger partial charge >= 0.3 is 5.97 Å². The molecule has 4 nitrogen and oxygen atoms in total. The first-order valence-electron chi connectivity index (χ1n) is 7.30. The van der Waals surface area contributed by atoms with Crippen LogP contribution in [0, 0.1) is 0 Å². The van der Waals surface area contributed by atoms with Crippen molar-refractivity contribution in [2.24, 2.45) is 5.73 Å². The molecule has 0 aromatic carbocycles. The summed E-state index contributed by atoms with van der Waals surface area (Å²) in [6, 6.07) is 0. The Morgan fingerprint density at radius 2 is 1.94 bits per heavy atom. The number of carbonyl (C=O) groups is 1. The number of rotatable bonds is 9. The molecule has 1 aliphatic heterocycles. The molecule has 0 amide bonds. The highest BCUT2D eigenvalue weighted by atomic mass is 16.6. The van der Waals surface area contributed by atoms with E-state index >= 15 is 0 Å². The van der Waals surface area contributed by atoms with E-state index in [1.54, 1.807) is 0 Å². The maximum atomic E-state index is 11.7. The van der Waals surface area contributed by atoms with Gasteiger partial charge in [0.2, 0.25) is 0 Å². The lowest BCUT2D eigenvalue weighted by molar-refractivity contribution is -0.156. The summed E-state index contributed by atoms with van der Waals surface area (Å²) in [5, 5.41) is 0. The van der Waals surface area contributed by atoms with E-state index in [1.165, 1.54) is 25.7 Å². The molecule has 4 heteroatoms. The molecule has 0 radical (unpaired) electrons. The molecule has 2 unspecified atom stereocenters. The van der Waals surface area contributed by atoms with Crippen molar-refractivity contribution in [2.75, 3.05) is 13.2 Å². The zero-order valence-corrected chi connectivity index (χ0v) is 11.5. The fraction of sp³-hybridized carbons (Fsp3) is 0.929. The summed E-state index contributed by atoms with van der Waals surface area (Å²) in [7, 11) is 0. The van der Waals surface area contributed by atoms with E-state index in [9.17, 15) is 4.79 Å². The molecule has 0 bridgehead atoms. The van der Waals surface area contributed by atoms with E-state index in [2.05, 4.69) is 6.92 Å². The van der Waals surface area contributed by atoms with Crippen LogP contribution in [0.3, 0.4) is 0 Å². The molecule has 1 saturated heterocycles. The number of hydrogen-bond donors (Lipinski definition) is 1. The minimum Gasteiger partial charge on any atom is -0.464 e. The standard InChI is InChI=1S/C14H27NO3/c1-2-3-4-5-6-7-10-17-14(16)13-9-8-12(11-15)18-13/h12-13H,2-11,15H2,1H3. The van der Waals surface area contributed by atoms with Crippen LogP contribution in [0.5, 0.6) is 0 Å². The van der Waals surface area contributed by atoms with Gasteiger partial charge in [0.1, 0.15) is 0 Å². The third kappa shape index (κ3) is 5.83. The van der Waals surface area contributed by atoms with Crippen molar-refractivity contribution in [3.05, 3.63) is 0 Å². The first-order chi connectivity index (χ1) is 8.77. The van der Waals surface area contributed by atoms with Gasteiger partial charge in [0.25, 0.3) is 0 Å². The van der Waals surface area contributed by atoms with Crippen molar-refractivity contribution in [1.82, 2.24) is 0 Å². The van der Waals surface area contributed by atoms with Gasteiger partial charge in [-0.25, -0.2) is 4.79 Å². The Hall–Kier alpha value is -0.610. The number of ether oxygens (including phenoxy) is 2. The van der Waals surface area contributed by atoms with E-state index in [-0.39, 0.29) is 18.2 Å². The summed E-state index contributed by atoms with van der Waals surface area (Å²) in [5.74, 6) is -0.209. The average Bonchev–Trinajstić information content (AvgIpc) is 2.86. The molecule has 0 saturated carbocycles. The maximum Gasteiger partial charge on any atom is 0.335 e. The Labute approximate surface area is 110 Å². The number of unbranched alkanes of at least 4 members (excludes halogenated alkanes) is 5. The summed E-state index contributed by atoms with van der Waals surface area (Å²) in [6.07, 6.45) is 8.47. The first kappa shape index (κ1) is 15.4. The number of nitrogens with two attached hydrogens (primary N) is 1. The van der Waals surface area contributed by atoms with E-state index in [1.807, 2.05) is 0 Å². The van der Waals surface area contributed by atoms with E-state index in [4.69, 9.17) is 15.2 Å². The second-order valence-corrected chi connectivity index (χ2v) is 5.00. The van der Waals surface area contributed by atoms with Gasteiger partial charge in [0.15, 0.2) is 6.10 Å². The molecule has 0 spiro atoms. The quantitative estimate of drug-likeness (QED) is 0.509. The maximum absolute atomic E-state index is 11.7. The number of hydrogen-bond acceptors (Lipinski definition) is 4. The molecule has 106 valence electrons. The highest BCUT2D eigenvalue weighted by Crippen LogP contribution is 2.20. The van der Waals surface area contributed by atoms with Gasteiger partial charge in [-0.2, -0.15) is 0 Å². The highest BCUT2D eigenvalue weighted by molar-refractivity contribution is 5.74. The molecule has 18 heavy (non-hydrogen) atoms. The number of esters is 1. The van der Waals surface area contributed by atoms with Gasteiger partial charge < -0.3 is 15.2 Å². The molecule has 0 aromatic heterocycles. The molecule has 1 fully saturated rings. The fourth-order valence-electron chi connectivity index (χ4n) is 2.20. The van der Waals surface area contributed by atoms with Crippen molar-refractivity contribution < 1.29 is 14.3 Å². The summed E-state index contributed by atoms with van der Waals surface area (Å²) in [4.78, 5) is 11.7. The lowest BCUT2D eigenvalue weighted by atomic mass is 10.1. The molecular formula is C14H27NO3. The van der Waals surface area contributed by atoms with Gasteiger partial charge in [-0.05, 0) is 19.3 Å². The lowest BCUT2D eigenvalue weighted by Gasteiger charge is -2.11. The Bertz CT molecular complexity index is 233. The Morgan fingerprint density at radius 3 is 2.61 bits per heavy atom. The molecule has 1 aliphatic rings. The van der Waals surface area contributed by atoms with Crippen LogP contribution in [0.25, 0.3) is 0 Å². The molecule has 2 N–H and O–H groups in total. The normalized spacial score (nSPS) is 23.2. The minimum absolute atomic E-state index is 0.0385. The van der Waals surface area contributed by atoms with E-state index < -0.39 is 0 Å². The monoisotopic (exact) mass is 257 g/mol. The molecule has 0 aromatic rings. The van der Waals surface area contributed by atoms with Crippen LogP contribution in [-0.2, 0) is 14.3 Å². The van der Waals surface area contributed by atoms with Crippen LogP contribution in [0.1, 0.15) is 58.3 Å². The molecule has 0 aliphatic carbocycles. The van der Waals surface area contributed by atoms with Gasteiger partial charge in [0.05, 0.1) is 12.7 Å². The first-order valence-corrected chi connectivity index (χ1v) is 7.30. The zero-order chi connectivity index (χ0) is 13.2. The van der Waals surface area contributed by atoms with Crippen LogP contribution < -0.4 is 5.73 Å². The second-order valence-electron chi connectivity index (χ2n) is 5.00. The highest BCUT2D eigenvalue weighted by Gasteiger charge is 2.30. The van der Waals surface area contributed by atoms with Crippen molar-refractivity contribution >= 4 is 5.97 Å². The molecule has 2 atom stereocenters. The smallest absolute Gasteiger partial charge is 0.335 e. The van der Waals surface area contributed by atoms with Crippen molar-refractivity contribution in [3.8, 4) is 0 Å². The topological polar surface area (TPSA) is 61.5 Å². The van der Waals surface area contributed by atoms with Crippen LogP contribution in [0.2, 0.25) is 0 Å². The lowest BCUT2D eigenvalue weighted by Crippen LogP contribution is -2.26. The van der Waals surface area contributed by atoms with E-state index in [0.717, 1.165) is 25.7 Å². The summed E-state index contributed by atoms with van der Waals surface area (Å²) < 4.78 is 10.7. The van der Waals surface area contributed by atoms with Crippen LogP contribution in [-0.4, -0.2) is 31.3 Å². The molecule has 1 heterocycles. The van der Waals surface area contributed by atoms with Gasteiger partial charge in [0, 0.05) is 6.54 Å². The number of carbonyl (C=O) groups excluding carboxylic acids is 1. The summed E-state index contributed by atoms with van der Waals surface area (Å²) >= 11 is 0. The minimum atomic E-state index is -0.376.